The fourth-order valence-corrected chi connectivity index (χ4v) is 3.90. The molecule has 32 heavy (non-hydrogen) atoms. The molecule has 0 spiro atoms. The number of carbonyl (C=O) groups excluding carboxylic acids is 1. The molecule has 1 atom stereocenters. The van der Waals surface area contributed by atoms with E-state index in [2.05, 4.69) is 33.9 Å². The van der Waals surface area contributed by atoms with Crippen LogP contribution >= 0.6 is 0 Å². The number of ether oxygens (including phenoxy) is 1. The van der Waals surface area contributed by atoms with Gasteiger partial charge in [-0.15, -0.1) is 10.2 Å². The first kappa shape index (κ1) is 22.0. The molecule has 0 radical (unpaired) electrons. The molecule has 1 N–H and O–H groups in total. The van der Waals surface area contributed by atoms with Gasteiger partial charge in [0.1, 0.15) is 17.4 Å². The van der Waals surface area contributed by atoms with Gasteiger partial charge in [0.05, 0.1) is 5.69 Å². The molecular weight excluding hydrogens is 407 g/mol. The van der Waals surface area contributed by atoms with Gasteiger partial charge in [-0.2, -0.15) is 0 Å². The van der Waals surface area contributed by atoms with Gasteiger partial charge in [0.25, 0.3) is 5.91 Å². The van der Waals surface area contributed by atoms with E-state index in [-0.39, 0.29) is 5.69 Å². The summed E-state index contributed by atoms with van der Waals surface area (Å²) in [5.74, 6) is 1.69. The zero-order chi connectivity index (χ0) is 22.7. The number of nitrogens with one attached hydrogen (secondary N) is 1. The number of hydrogen-bond acceptors (Lipinski definition) is 4. The predicted octanol–water partition coefficient (Wildman–Crippen LogP) is 5.34. The summed E-state index contributed by atoms with van der Waals surface area (Å²) in [4.78, 5) is 12.7. The quantitative estimate of drug-likeness (QED) is 0.566. The molecular formula is C25H29FN4O2. The molecule has 1 aliphatic heterocycles. The molecule has 2 aromatic carbocycles. The van der Waals surface area contributed by atoms with Gasteiger partial charge in [0.15, 0.2) is 11.9 Å². The Hall–Kier alpha value is -3.22. The second-order valence-corrected chi connectivity index (χ2v) is 8.57. The fraction of sp³-hybridized carbons (Fsp3) is 0.400. The Labute approximate surface area is 187 Å². The summed E-state index contributed by atoms with van der Waals surface area (Å²) < 4.78 is 22.4. The van der Waals surface area contributed by atoms with Crippen LogP contribution in [0.1, 0.15) is 57.3 Å². The highest BCUT2D eigenvalue weighted by Gasteiger charge is 2.20. The lowest BCUT2D eigenvalue weighted by Gasteiger charge is -2.17. The highest BCUT2D eigenvalue weighted by atomic mass is 19.1. The van der Waals surface area contributed by atoms with E-state index in [0.29, 0.717) is 17.5 Å². The van der Waals surface area contributed by atoms with Gasteiger partial charge in [0, 0.05) is 18.5 Å². The summed E-state index contributed by atoms with van der Waals surface area (Å²) in [6.07, 6.45) is 3.43. The van der Waals surface area contributed by atoms with Crippen molar-refractivity contribution in [1.29, 1.82) is 0 Å². The number of halogens is 1. The zero-order valence-electron chi connectivity index (χ0n) is 18.8. The van der Waals surface area contributed by atoms with Crippen molar-refractivity contribution in [3.8, 4) is 17.1 Å². The van der Waals surface area contributed by atoms with E-state index in [9.17, 15) is 9.18 Å². The number of hydrogen-bond donors (Lipinski definition) is 1. The first-order chi connectivity index (χ1) is 15.4. The Bertz CT molecular complexity index is 1110. The highest BCUT2D eigenvalue weighted by Crippen LogP contribution is 2.27. The van der Waals surface area contributed by atoms with Crippen molar-refractivity contribution < 1.29 is 13.9 Å². The highest BCUT2D eigenvalue weighted by molar-refractivity contribution is 5.94. The third-order valence-electron chi connectivity index (χ3n) is 5.80. The molecule has 4 rings (SSSR count). The molecule has 0 saturated heterocycles. The molecule has 0 aliphatic carbocycles. The van der Waals surface area contributed by atoms with Gasteiger partial charge in [-0.25, -0.2) is 4.39 Å². The second kappa shape index (κ2) is 9.51. The van der Waals surface area contributed by atoms with Crippen molar-refractivity contribution in [2.24, 2.45) is 0 Å². The minimum atomic E-state index is -0.787. The summed E-state index contributed by atoms with van der Waals surface area (Å²) >= 11 is 0. The third-order valence-corrected chi connectivity index (χ3v) is 5.80. The summed E-state index contributed by atoms with van der Waals surface area (Å²) in [5.41, 5.74) is 1.95. The summed E-state index contributed by atoms with van der Waals surface area (Å²) in [7, 11) is 0. The Kier molecular flexibility index (Phi) is 6.53. The molecule has 1 unspecified atom stereocenters. The van der Waals surface area contributed by atoms with Gasteiger partial charge < -0.3 is 14.6 Å². The number of aryl methyl sites for hydroxylation is 1. The standard InChI is InChI=1S/C25H29FN4O2/c1-16(2)18-8-7-9-20(14-18)32-17(3)25(31)27-22-15-19(11-12-21(22)26)24-29-28-23-10-5-4-6-13-30(23)24/h7-9,11-12,14-17H,4-6,10,13H2,1-3H3,(H,27,31). The second-order valence-electron chi connectivity index (χ2n) is 8.57. The van der Waals surface area contributed by atoms with Crippen LogP contribution in [0, 0.1) is 5.82 Å². The molecule has 6 nitrogen and oxygen atoms in total. The van der Waals surface area contributed by atoms with Gasteiger partial charge in [-0.3, -0.25) is 4.79 Å². The summed E-state index contributed by atoms with van der Waals surface area (Å²) in [6.45, 7) is 6.69. The number of fused-ring (bicyclic) bond motifs is 1. The van der Waals surface area contributed by atoms with Crippen LogP contribution in [-0.2, 0) is 17.8 Å². The molecule has 0 saturated carbocycles. The maximum absolute atomic E-state index is 14.5. The van der Waals surface area contributed by atoms with E-state index in [1.165, 1.54) is 6.07 Å². The van der Waals surface area contributed by atoms with Crippen LogP contribution in [0.3, 0.4) is 0 Å². The molecule has 1 aromatic heterocycles. The minimum Gasteiger partial charge on any atom is -0.481 e. The monoisotopic (exact) mass is 436 g/mol. The Morgan fingerprint density at radius 2 is 1.94 bits per heavy atom. The Balaban J connectivity index is 1.50. The van der Waals surface area contributed by atoms with Crippen LogP contribution in [0.5, 0.6) is 5.75 Å². The van der Waals surface area contributed by atoms with E-state index in [4.69, 9.17) is 4.74 Å². The van der Waals surface area contributed by atoms with E-state index in [1.54, 1.807) is 19.1 Å². The molecule has 168 valence electrons. The molecule has 0 bridgehead atoms. The number of carbonyl (C=O) groups is 1. The SMILES string of the molecule is CC(Oc1cccc(C(C)C)c1)C(=O)Nc1cc(-c2nnc3n2CCCCC3)ccc1F. The third kappa shape index (κ3) is 4.82. The van der Waals surface area contributed by atoms with E-state index in [1.807, 2.05) is 24.3 Å². The lowest BCUT2D eigenvalue weighted by Crippen LogP contribution is -2.30. The number of aromatic nitrogens is 3. The number of benzene rings is 2. The van der Waals surface area contributed by atoms with E-state index >= 15 is 0 Å². The smallest absolute Gasteiger partial charge is 0.265 e. The average molecular weight is 437 g/mol. The van der Waals surface area contributed by atoms with Crippen molar-refractivity contribution >= 4 is 11.6 Å². The van der Waals surface area contributed by atoms with Crippen molar-refractivity contribution in [3.63, 3.8) is 0 Å². The lowest BCUT2D eigenvalue weighted by atomic mass is 10.0. The number of anilines is 1. The first-order valence-corrected chi connectivity index (χ1v) is 11.2. The van der Waals surface area contributed by atoms with Crippen LogP contribution < -0.4 is 10.1 Å². The Morgan fingerprint density at radius 1 is 1.09 bits per heavy atom. The van der Waals surface area contributed by atoms with Crippen LogP contribution in [0.4, 0.5) is 10.1 Å². The van der Waals surface area contributed by atoms with Gasteiger partial charge in [-0.1, -0.05) is 32.4 Å². The Morgan fingerprint density at radius 3 is 2.75 bits per heavy atom. The van der Waals surface area contributed by atoms with Crippen LogP contribution in [0.25, 0.3) is 11.4 Å². The predicted molar refractivity (Wildman–Crippen MR) is 122 cm³/mol. The van der Waals surface area contributed by atoms with Crippen molar-refractivity contribution in [3.05, 3.63) is 59.7 Å². The maximum Gasteiger partial charge on any atom is 0.265 e. The molecule has 7 heteroatoms. The zero-order valence-corrected chi connectivity index (χ0v) is 18.8. The maximum atomic E-state index is 14.5. The molecule has 3 aromatic rings. The molecule has 0 fully saturated rings. The van der Waals surface area contributed by atoms with Crippen molar-refractivity contribution in [2.75, 3.05) is 5.32 Å². The topological polar surface area (TPSA) is 69.0 Å². The van der Waals surface area contributed by atoms with Gasteiger partial charge in [-0.05, 0) is 61.6 Å². The number of nitrogens with zero attached hydrogens (tertiary/aromatic N) is 3. The average Bonchev–Trinajstić information content (AvgIpc) is 3.03. The van der Waals surface area contributed by atoms with Crippen LogP contribution in [-0.4, -0.2) is 26.8 Å². The van der Waals surface area contributed by atoms with Crippen LogP contribution in [0.2, 0.25) is 0 Å². The first-order valence-electron chi connectivity index (χ1n) is 11.2. The normalized spacial score (nSPS) is 14.5. The summed E-state index contributed by atoms with van der Waals surface area (Å²) in [5, 5.41) is 11.3. The summed E-state index contributed by atoms with van der Waals surface area (Å²) in [6, 6.07) is 12.3. The molecule has 1 aliphatic rings. The minimum absolute atomic E-state index is 0.102. The van der Waals surface area contributed by atoms with E-state index < -0.39 is 17.8 Å². The molecule has 1 amide bonds. The fourth-order valence-electron chi connectivity index (χ4n) is 3.90. The largest absolute Gasteiger partial charge is 0.481 e. The lowest BCUT2D eigenvalue weighted by molar-refractivity contribution is -0.122. The van der Waals surface area contributed by atoms with E-state index in [0.717, 1.165) is 49.2 Å². The van der Waals surface area contributed by atoms with Crippen molar-refractivity contribution in [2.45, 2.75) is 65.0 Å². The molecule has 2 heterocycles. The van der Waals surface area contributed by atoms with Gasteiger partial charge >= 0.3 is 0 Å². The van der Waals surface area contributed by atoms with Crippen LogP contribution in [0.15, 0.2) is 42.5 Å². The van der Waals surface area contributed by atoms with Gasteiger partial charge in [0.2, 0.25) is 0 Å². The number of rotatable bonds is 6. The number of amides is 1. The van der Waals surface area contributed by atoms with Crippen molar-refractivity contribution in [1.82, 2.24) is 14.8 Å².